The van der Waals surface area contributed by atoms with Crippen molar-refractivity contribution >= 4 is 59.9 Å². The number of rotatable bonds is 10. The van der Waals surface area contributed by atoms with Crippen molar-refractivity contribution in [2.24, 2.45) is 0 Å². The fourth-order valence-electron chi connectivity index (χ4n) is 7.09. The Morgan fingerprint density at radius 1 is 0.655 bits per heavy atom. The van der Waals surface area contributed by atoms with E-state index in [-0.39, 0.29) is 9.79 Å². The Balaban J connectivity index is 0.000000190. The molecule has 7 rings (SSSR count). The molecule has 12 nitrogen and oxygen atoms in total. The number of hydrogen-bond acceptors (Lipinski definition) is 10. The monoisotopic (exact) mass is 896 g/mol. The highest BCUT2D eigenvalue weighted by molar-refractivity contribution is 9.10. The Labute approximate surface area is 354 Å². The lowest BCUT2D eigenvalue weighted by Crippen LogP contribution is -2.41. The van der Waals surface area contributed by atoms with Crippen LogP contribution in [0.1, 0.15) is 91.9 Å². The van der Waals surface area contributed by atoms with Gasteiger partial charge in [0, 0.05) is 69.3 Å². The molecule has 16 heteroatoms. The van der Waals surface area contributed by atoms with Gasteiger partial charge < -0.3 is 19.9 Å². The average Bonchev–Trinajstić information content (AvgIpc) is 3.45. The lowest BCUT2D eigenvalue weighted by atomic mass is 9.77. The third-order valence-corrected chi connectivity index (χ3v) is 14.5. The predicted molar refractivity (Wildman–Crippen MR) is 237 cm³/mol. The second-order valence-electron chi connectivity index (χ2n) is 15.8. The van der Waals surface area contributed by atoms with Crippen LogP contribution in [0.15, 0.2) is 99.7 Å². The van der Waals surface area contributed by atoms with Gasteiger partial charge in [-0.2, -0.15) is 0 Å². The van der Waals surface area contributed by atoms with Crippen molar-refractivity contribution in [3.63, 3.8) is 0 Å². The van der Waals surface area contributed by atoms with Crippen molar-refractivity contribution < 1.29 is 26.1 Å². The first kappa shape index (κ1) is 45.7. The number of pyridine rings is 2. The molecule has 2 aromatic carbocycles. The largest absolute Gasteiger partial charge is 0.497 e. The molecule has 1 aliphatic heterocycles. The molecule has 0 bridgehead atoms. The van der Waals surface area contributed by atoms with Gasteiger partial charge in [-0.3, -0.25) is 9.97 Å². The summed E-state index contributed by atoms with van der Waals surface area (Å²) in [5.74, 6) is 0. The summed E-state index contributed by atoms with van der Waals surface area (Å²) in [5, 5.41) is 7.20. The third kappa shape index (κ3) is 12.1. The van der Waals surface area contributed by atoms with Crippen LogP contribution in [0.4, 0.5) is 11.4 Å². The van der Waals surface area contributed by atoms with Crippen LogP contribution in [0.5, 0.6) is 0 Å². The Hall–Kier alpha value is -3.38. The SMILES string of the molecule is Brc1cccnc1.CNS(=O)(=O)c1ccc(NC2CCCCC2)c(-c2cccnc2)c1.CNS(=O)(=O)c1ccc(NC2CCCCC2)c(B2OC(C)(C)C(C)(C)O2)c1. The van der Waals surface area contributed by atoms with Gasteiger partial charge in [0.05, 0.1) is 21.0 Å². The first-order valence-corrected chi connectivity index (χ1v) is 23.8. The van der Waals surface area contributed by atoms with Gasteiger partial charge in [0.15, 0.2) is 0 Å². The van der Waals surface area contributed by atoms with Gasteiger partial charge >= 0.3 is 7.12 Å². The molecule has 4 aromatic rings. The smallest absolute Gasteiger partial charge is 0.399 e. The van der Waals surface area contributed by atoms with Crippen molar-refractivity contribution in [1.29, 1.82) is 0 Å². The molecule has 3 fully saturated rings. The molecule has 0 unspecified atom stereocenters. The number of anilines is 2. The molecular weight excluding hydrogens is 839 g/mol. The Bertz CT molecular complexity index is 2140. The molecule has 3 heterocycles. The molecule has 0 atom stereocenters. The van der Waals surface area contributed by atoms with Crippen molar-refractivity contribution in [1.82, 2.24) is 19.4 Å². The highest BCUT2D eigenvalue weighted by atomic mass is 79.9. The number of halogens is 1. The van der Waals surface area contributed by atoms with E-state index in [9.17, 15) is 16.8 Å². The number of benzene rings is 2. The minimum Gasteiger partial charge on any atom is -0.399 e. The van der Waals surface area contributed by atoms with Crippen molar-refractivity contribution in [2.75, 3.05) is 24.7 Å². The van der Waals surface area contributed by atoms with Gasteiger partial charge in [0.2, 0.25) is 20.0 Å². The molecule has 0 radical (unpaired) electrons. The summed E-state index contributed by atoms with van der Waals surface area (Å²) in [6.07, 6.45) is 19.0. The molecule has 3 aliphatic rings. The Morgan fingerprint density at radius 3 is 1.59 bits per heavy atom. The standard InChI is InChI=1S/C19H31BN2O4S.C18H23N3O2S.C5H4BrN/c1-18(2)19(3,4)26-20(25-18)16-13-15(27(23,24)21-5)11-12-17(16)22-14-9-7-6-8-10-14;1-19-24(22,23)16-9-10-18(21-15-7-3-2-4-8-15)17(12-16)14-6-5-11-20-13-14;6-5-2-1-3-7-4-5/h11-14,21-22H,6-10H2,1-5H3;5-6,9-13,15,19,21H,2-4,7-8H2,1H3;1-4H. The highest BCUT2D eigenvalue weighted by Crippen LogP contribution is 2.38. The maximum Gasteiger partial charge on any atom is 0.497 e. The second kappa shape index (κ2) is 20.3. The highest BCUT2D eigenvalue weighted by Gasteiger charge is 2.52. The Kier molecular flexibility index (Phi) is 16.0. The van der Waals surface area contributed by atoms with Crippen molar-refractivity contribution in [3.05, 3.63) is 89.9 Å². The summed E-state index contributed by atoms with van der Waals surface area (Å²) in [5.41, 5.74) is 3.37. The van der Waals surface area contributed by atoms with Crippen LogP contribution in [-0.4, -0.2) is 71.3 Å². The molecule has 314 valence electrons. The summed E-state index contributed by atoms with van der Waals surface area (Å²) >= 11 is 3.25. The fraction of sp³-hybridized carbons (Fsp3) is 0.476. The van der Waals surface area contributed by atoms with Crippen molar-refractivity contribution in [2.45, 2.75) is 125 Å². The van der Waals surface area contributed by atoms with E-state index >= 15 is 0 Å². The van der Waals surface area contributed by atoms with Gasteiger partial charge in [0.1, 0.15) is 0 Å². The lowest BCUT2D eigenvalue weighted by molar-refractivity contribution is 0.00578. The molecule has 0 amide bonds. The van der Waals surface area contributed by atoms with E-state index in [0.717, 1.165) is 58.1 Å². The minimum absolute atomic E-state index is 0.212. The van der Waals surface area contributed by atoms with Crippen LogP contribution in [-0.2, 0) is 29.4 Å². The summed E-state index contributed by atoms with van der Waals surface area (Å²) in [6.45, 7) is 7.98. The van der Waals surface area contributed by atoms with Crippen LogP contribution in [0.3, 0.4) is 0 Å². The van der Waals surface area contributed by atoms with Crippen molar-refractivity contribution in [3.8, 4) is 11.1 Å². The van der Waals surface area contributed by atoms with E-state index in [1.54, 1.807) is 49.1 Å². The summed E-state index contributed by atoms with van der Waals surface area (Å²) in [6, 6.07) is 18.8. The molecule has 2 aromatic heterocycles. The lowest BCUT2D eigenvalue weighted by Gasteiger charge is -2.32. The number of sulfonamides is 2. The number of hydrogen-bond donors (Lipinski definition) is 4. The van der Waals surface area contributed by atoms with Crippen LogP contribution in [0.2, 0.25) is 0 Å². The van der Waals surface area contributed by atoms with Crippen LogP contribution in [0.25, 0.3) is 11.1 Å². The topological polar surface area (TPSA) is 161 Å². The Morgan fingerprint density at radius 2 is 1.14 bits per heavy atom. The third-order valence-electron chi connectivity index (χ3n) is 11.2. The predicted octanol–water partition coefficient (Wildman–Crippen LogP) is 7.88. The summed E-state index contributed by atoms with van der Waals surface area (Å²) in [7, 11) is -4.80. The average molecular weight is 898 g/mol. The quantitative estimate of drug-likeness (QED) is 0.115. The summed E-state index contributed by atoms with van der Waals surface area (Å²) in [4.78, 5) is 8.48. The number of nitrogens with one attached hydrogen (secondary N) is 4. The van der Waals surface area contributed by atoms with E-state index in [1.807, 2.05) is 64.1 Å². The van der Waals surface area contributed by atoms with Crippen LogP contribution in [0, 0.1) is 0 Å². The van der Waals surface area contributed by atoms with E-state index in [2.05, 4.69) is 46.0 Å². The number of nitrogens with zero attached hydrogens (tertiary/aromatic N) is 2. The fourth-order valence-corrected chi connectivity index (χ4v) is 8.88. The van der Waals surface area contributed by atoms with Gasteiger partial charge in [0.25, 0.3) is 0 Å². The second-order valence-corrected chi connectivity index (χ2v) is 20.5. The van der Waals surface area contributed by atoms with E-state index < -0.39 is 38.4 Å². The minimum atomic E-state index is -3.55. The summed E-state index contributed by atoms with van der Waals surface area (Å²) < 4.78 is 67.1. The molecular formula is C42H58BBrN6O6S2. The first-order chi connectivity index (χ1) is 27.5. The first-order valence-electron chi connectivity index (χ1n) is 20.0. The molecule has 0 spiro atoms. The molecule has 2 saturated carbocycles. The van der Waals surface area contributed by atoms with Crippen LogP contribution >= 0.6 is 15.9 Å². The maximum absolute atomic E-state index is 12.3. The molecule has 58 heavy (non-hydrogen) atoms. The zero-order valence-electron chi connectivity index (χ0n) is 34.4. The molecule has 1 saturated heterocycles. The van der Waals surface area contributed by atoms with Crippen LogP contribution < -0.4 is 25.5 Å². The van der Waals surface area contributed by atoms with Gasteiger partial charge in [-0.25, -0.2) is 26.3 Å². The normalized spacial score (nSPS) is 18.3. The van der Waals surface area contributed by atoms with E-state index in [1.165, 1.54) is 52.6 Å². The zero-order valence-corrected chi connectivity index (χ0v) is 37.6. The van der Waals surface area contributed by atoms with Gasteiger partial charge in [-0.05, 0) is 138 Å². The van der Waals surface area contributed by atoms with Gasteiger partial charge in [-0.1, -0.05) is 44.6 Å². The maximum atomic E-state index is 12.3. The van der Waals surface area contributed by atoms with E-state index in [0.29, 0.717) is 12.1 Å². The number of aromatic nitrogens is 2. The molecule has 2 aliphatic carbocycles. The molecule has 4 N–H and O–H groups in total. The van der Waals surface area contributed by atoms with E-state index in [4.69, 9.17) is 9.31 Å². The zero-order chi connectivity index (χ0) is 42.0. The van der Waals surface area contributed by atoms with Gasteiger partial charge in [-0.15, -0.1) is 0 Å².